The van der Waals surface area contributed by atoms with E-state index in [2.05, 4.69) is 4.72 Å². The maximum atomic E-state index is 12.3. The van der Waals surface area contributed by atoms with E-state index in [4.69, 9.17) is 10.00 Å². The van der Waals surface area contributed by atoms with E-state index in [1.54, 1.807) is 31.4 Å². The van der Waals surface area contributed by atoms with Crippen molar-refractivity contribution in [1.82, 2.24) is 4.72 Å². The van der Waals surface area contributed by atoms with Crippen LogP contribution in [0.15, 0.2) is 48.5 Å². The zero-order valence-electron chi connectivity index (χ0n) is 14.2. The van der Waals surface area contributed by atoms with Crippen LogP contribution in [-0.2, 0) is 20.6 Å². The Morgan fingerprint density at radius 3 is 2.58 bits per heavy atom. The van der Waals surface area contributed by atoms with Crippen LogP contribution in [0.3, 0.4) is 0 Å². The molecule has 0 saturated heterocycles. The lowest BCUT2D eigenvalue weighted by Crippen LogP contribution is -2.33. The molecule has 26 heavy (non-hydrogen) atoms. The number of carbonyl (C=O) groups excluding carboxylic acids is 1. The molecule has 1 N–H and O–H groups in total. The van der Waals surface area contributed by atoms with Crippen LogP contribution in [0.5, 0.6) is 5.75 Å². The molecule has 0 aliphatic heterocycles. The van der Waals surface area contributed by atoms with Crippen molar-refractivity contribution in [3.63, 3.8) is 0 Å². The summed E-state index contributed by atoms with van der Waals surface area (Å²) >= 11 is 0. The van der Waals surface area contributed by atoms with Gasteiger partial charge in [-0.2, -0.15) is 5.26 Å². The predicted octanol–water partition coefficient (Wildman–Crippen LogP) is 2.32. The summed E-state index contributed by atoms with van der Waals surface area (Å²) in [5.41, 5.74) is 1.64. The Hall–Kier alpha value is -2.85. The molecule has 0 aromatic heterocycles. The number of amides is 1. The van der Waals surface area contributed by atoms with Gasteiger partial charge >= 0.3 is 0 Å². The minimum atomic E-state index is -3.86. The van der Waals surface area contributed by atoms with Gasteiger partial charge in [0, 0.05) is 5.92 Å². The van der Waals surface area contributed by atoms with E-state index in [-0.39, 0.29) is 17.4 Å². The van der Waals surface area contributed by atoms with E-state index < -0.39 is 21.7 Å². The lowest BCUT2D eigenvalue weighted by Gasteiger charge is -2.08. The van der Waals surface area contributed by atoms with Gasteiger partial charge in [0.25, 0.3) is 0 Å². The van der Waals surface area contributed by atoms with Crippen molar-refractivity contribution in [3.05, 3.63) is 65.2 Å². The second kappa shape index (κ2) is 7.18. The van der Waals surface area contributed by atoms with Gasteiger partial charge in [0.1, 0.15) is 5.75 Å². The zero-order valence-corrected chi connectivity index (χ0v) is 15.0. The van der Waals surface area contributed by atoms with Crippen LogP contribution in [0, 0.1) is 17.2 Å². The van der Waals surface area contributed by atoms with Gasteiger partial charge in [-0.3, -0.25) is 9.52 Å². The molecule has 0 spiro atoms. The van der Waals surface area contributed by atoms with E-state index in [1.165, 1.54) is 0 Å². The first-order valence-corrected chi connectivity index (χ1v) is 9.75. The molecule has 2 aromatic rings. The van der Waals surface area contributed by atoms with E-state index >= 15 is 0 Å². The summed E-state index contributed by atoms with van der Waals surface area (Å²) in [4.78, 5) is 12.3. The van der Waals surface area contributed by atoms with E-state index in [0.717, 1.165) is 11.3 Å². The van der Waals surface area contributed by atoms with Gasteiger partial charge in [-0.05, 0) is 41.7 Å². The Labute approximate surface area is 152 Å². The van der Waals surface area contributed by atoms with Crippen molar-refractivity contribution in [2.24, 2.45) is 5.92 Å². The largest absolute Gasteiger partial charge is 0.497 e. The van der Waals surface area contributed by atoms with E-state index in [1.807, 2.05) is 30.3 Å². The fourth-order valence-electron chi connectivity index (χ4n) is 2.93. The number of sulfonamides is 1. The number of methoxy groups -OCH3 is 1. The summed E-state index contributed by atoms with van der Waals surface area (Å²) in [5, 5.41) is 9.05. The summed E-state index contributed by atoms with van der Waals surface area (Å²) in [6.45, 7) is 0. The van der Waals surface area contributed by atoms with Gasteiger partial charge in [0.05, 0.1) is 24.5 Å². The number of benzene rings is 2. The molecule has 0 unspecified atom stereocenters. The summed E-state index contributed by atoms with van der Waals surface area (Å²) in [6, 6.07) is 15.8. The summed E-state index contributed by atoms with van der Waals surface area (Å²) < 4.78 is 31.8. The molecule has 0 bridgehead atoms. The summed E-state index contributed by atoms with van der Waals surface area (Å²) in [6.07, 6.45) is 0.614. The highest BCUT2D eigenvalue weighted by Crippen LogP contribution is 2.47. The first-order chi connectivity index (χ1) is 12.4. The molecule has 2 atom stereocenters. The van der Waals surface area contributed by atoms with E-state index in [9.17, 15) is 13.2 Å². The average Bonchev–Trinajstić information content (AvgIpc) is 3.42. The van der Waals surface area contributed by atoms with Crippen molar-refractivity contribution in [3.8, 4) is 11.8 Å². The number of hydrogen-bond donors (Lipinski definition) is 1. The van der Waals surface area contributed by atoms with Crippen molar-refractivity contribution >= 4 is 15.9 Å². The minimum Gasteiger partial charge on any atom is -0.497 e. The van der Waals surface area contributed by atoms with Gasteiger partial charge in [-0.15, -0.1) is 0 Å². The summed E-state index contributed by atoms with van der Waals surface area (Å²) in [7, 11) is -2.28. The predicted molar refractivity (Wildman–Crippen MR) is 95.8 cm³/mol. The third-order valence-corrected chi connectivity index (χ3v) is 5.61. The summed E-state index contributed by atoms with van der Waals surface area (Å²) in [5.74, 6) is -0.510. The van der Waals surface area contributed by atoms with Crippen LogP contribution in [0.25, 0.3) is 0 Å². The first kappa shape index (κ1) is 18.0. The topological polar surface area (TPSA) is 96.3 Å². The Bertz CT molecular complexity index is 962. The molecular weight excluding hydrogens is 352 g/mol. The number of rotatable bonds is 6. The zero-order chi connectivity index (χ0) is 18.7. The molecule has 6 nitrogen and oxygen atoms in total. The fourth-order valence-corrected chi connectivity index (χ4v) is 4.12. The minimum absolute atomic E-state index is 0.0162. The van der Waals surface area contributed by atoms with Crippen molar-refractivity contribution < 1.29 is 17.9 Å². The molecule has 1 aliphatic carbocycles. The highest BCUT2D eigenvalue weighted by Gasteiger charge is 2.45. The number of ether oxygens (including phenoxy) is 1. The molecule has 134 valence electrons. The van der Waals surface area contributed by atoms with Crippen LogP contribution < -0.4 is 9.46 Å². The van der Waals surface area contributed by atoms with Gasteiger partial charge in [0.2, 0.25) is 15.9 Å². The van der Waals surface area contributed by atoms with Crippen molar-refractivity contribution in [1.29, 1.82) is 5.26 Å². The van der Waals surface area contributed by atoms with Gasteiger partial charge in [-0.25, -0.2) is 8.42 Å². The van der Waals surface area contributed by atoms with Crippen molar-refractivity contribution in [2.45, 2.75) is 18.1 Å². The third-order valence-electron chi connectivity index (χ3n) is 4.41. The lowest BCUT2D eigenvalue weighted by atomic mass is 10.1. The third kappa shape index (κ3) is 4.03. The van der Waals surface area contributed by atoms with Crippen LogP contribution in [-0.4, -0.2) is 21.4 Å². The fraction of sp³-hybridized carbons (Fsp3) is 0.263. The SMILES string of the molecule is COc1ccc([C@H]2C[C@H]2C(=O)NS(=O)(=O)Cc2ccccc2C#N)cc1. The quantitative estimate of drug-likeness (QED) is 0.842. The Kier molecular flexibility index (Phi) is 4.96. The maximum Gasteiger partial charge on any atom is 0.239 e. The van der Waals surface area contributed by atoms with Gasteiger partial charge < -0.3 is 4.74 Å². The normalized spacial score (nSPS) is 18.6. The Morgan fingerprint density at radius 1 is 1.23 bits per heavy atom. The smallest absolute Gasteiger partial charge is 0.239 e. The monoisotopic (exact) mass is 370 g/mol. The van der Waals surface area contributed by atoms with Crippen LogP contribution >= 0.6 is 0 Å². The molecule has 2 aromatic carbocycles. The van der Waals surface area contributed by atoms with Gasteiger partial charge in [0.15, 0.2) is 0 Å². The van der Waals surface area contributed by atoms with Gasteiger partial charge in [-0.1, -0.05) is 30.3 Å². The average molecular weight is 370 g/mol. The molecule has 1 amide bonds. The van der Waals surface area contributed by atoms with Crippen LogP contribution in [0.2, 0.25) is 0 Å². The van der Waals surface area contributed by atoms with Crippen molar-refractivity contribution in [2.75, 3.05) is 7.11 Å². The molecular formula is C19H18N2O4S. The highest BCUT2D eigenvalue weighted by atomic mass is 32.2. The maximum absolute atomic E-state index is 12.3. The van der Waals surface area contributed by atoms with Crippen LogP contribution in [0.4, 0.5) is 0 Å². The molecule has 1 aliphatic rings. The number of nitrogens with one attached hydrogen (secondary N) is 1. The Morgan fingerprint density at radius 2 is 1.92 bits per heavy atom. The second-order valence-electron chi connectivity index (χ2n) is 6.22. The number of carbonyl (C=O) groups is 1. The first-order valence-electron chi connectivity index (χ1n) is 8.10. The number of hydrogen-bond acceptors (Lipinski definition) is 5. The second-order valence-corrected chi connectivity index (χ2v) is 7.94. The van der Waals surface area contributed by atoms with Crippen LogP contribution in [0.1, 0.15) is 29.0 Å². The lowest BCUT2D eigenvalue weighted by molar-refractivity contribution is -0.120. The molecule has 0 radical (unpaired) electrons. The highest BCUT2D eigenvalue weighted by molar-refractivity contribution is 7.89. The Balaban J connectivity index is 1.63. The molecule has 7 heteroatoms. The number of nitriles is 1. The molecule has 3 rings (SSSR count). The molecule has 1 fully saturated rings. The standard InChI is InChI=1S/C19H18N2O4S/c1-25-16-8-6-13(7-9-16)17-10-18(17)19(22)21-26(23,24)12-15-5-3-2-4-14(15)11-20/h2-9,17-18H,10,12H2,1H3,(H,21,22)/t17-,18-/m1/s1. The number of nitrogens with zero attached hydrogens (tertiary/aromatic N) is 1. The molecule has 1 saturated carbocycles. The molecule has 0 heterocycles. The van der Waals surface area contributed by atoms with E-state index in [0.29, 0.717) is 12.0 Å².